The van der Waals surface area contributed by atoms with Gasteiger partial charge in [0.15, 0.2) is 5.95 Å². The smallest absolute Gasteiger partial charge is 0.242 e. The summed E-state index contributed by atoms with van der Waals surface area (Å²) in [6.07, 6.45) is 0.556. The van der Waals surface area contributed by atoms with Crippen LogP contribution in [0.15, 0.2) is 34.1 Å². The molecule has 35 heavy (non-hydrogen) atoms. The van der Waals surface area contributed by atoms with Gasteiger partial charge in [-0.2, -0.15) is 5.21 Å². The van der Waals surface area contributed by atoms with E-state index in [1.165, 1.54) is 12.1 Å². The number of hydrogen-bond acceptors (Lipinski definition) is 10. The largest absolute Gasteiger partial charge is 0.369 e. The molecule has 0 amide bonds. The Labute approximate surface area is 212 Å². The van der Waals surface area contributed by atoms with Gasteiger partial charge in [-0.3, -0.25) is 0 Å². The van der Waals surface area contributed by atoms with Crippen LogP contribution < -0.4 is 20.9 Å². The van der Waals surface area contributed by atoms with Crippen molar-refractivity contribution in [3.8, 4) is 22.5 Å². The van der Waals surface area contributed by atoms with Crippen LogP contribution in [0.25, 0.3) is 33.5 Å². The highest BCUT2D eigenvalue weighted by Crippen LogP contribution is 2.41. The normalized spacial score (nSPS) is 16.8. The van der Waals surface area contributed by atoms with Crippen molar-refractivity contribution in [2.45, 2.75) is 22.3 Å². The second-order valence-corrected chi connectivity index (χ2v) is 12.3. The van der Waals surface area contributed by atoms with Gasteiger partial charge in [0, 0.05) is 21.7 Å². The molecule has 1 aliphatic heterocycles. The number of H-pyrrole nitrogens is 2. The predicted octanol–water partition coefficient (Wildman–Crippen LogP) is -0.116. The van der Waals surface area contributed by atoms with Gasteiger partial charge in [-0.15, -0.1) is 10.2 Å². The molecule has 0 radical (unpaired) electrons. The average Bonchev–Trinajstić information content (AvgIpc) is 3.53. The number of primary sulfonamides is 1. The summed E-state index contributed by atoms with van der Waals surface area (Å²) in [5.74, 6) is 0.00345. The Bertz CT molecular complexity index is 1650. The van der Waals surface area contributed by atoms with Crippen LogP contribution in [0.5, 0.6) is 0 Å². The van der Waals surface area contributed by atoms with E-state index < -0.39 is 35.9 Å². The number of sulfonamides is 2. The minimum Gasteiger partial charge on any atom is -0.369 e. The number of nitrogens with two attached hydrogens (primary N) is 2. The molecule has 184 valence electrons. The molecule has 2 aromatic heterocycles. The molecule has 5 rings (SSSR count). The molecule has 0 unspecified atom stereocenters. The molecule has 0 aliphatic carbocycles. The number of halogens is 1. The van der Waals surface area contributed by atoms with Crippen LogP contribution in [-0.4, -0.2) is 66.6 Å². The minimum absolute atomic E-state index is 0.126. The molecule has 4 aromatic rings. The van der Waals surface area contributed by atoms with Crippen LogP contribution in [0.4, 0.5) is 5.95 Å². The van der Waals surface area contributed by atoms with Crippen LogP contribution in [0.2, 0.25) is 0 Å². The minimum atomic E-state index is -4.61. The summed E-state index contributed by atoms with van der Waals surface area (Å²) in [4.78, 5) is 6.10. The quantitative estimate of drug-likeness (QED) is 0.155. The summed E-state index contributed by atoms with van der Waals surface area (Å²) < 4.78 is 55.8. The zero-order valence-corrected chi connectivity index (χ0v) is 21.6. The SMILES string of the molecule is Nc1nc2c(-c3ccc(S(=O)(=O)N[C@@H]4CCNC4)c(S(N)(=O)=O)c3-c3nn[nH]n3)cc(I)cc2[nH]1. The van der Waals surface area contributed by atoms with E-state index in [1.54, 1.807) is 6.07 Å². The van der Waals surface area contributed by atoms with Crippen LogP contribution in [-0.2, 0) is 20.0 Å². The van der Waals surface area contributed by atoms with Crippen LogP contribution in [0.1, 0.15) is 6.42 Å². The van der Waals surface area contributed by atoms with Crippen molar-refractivity contribution in [1.29, 1.82) is 0 Å². The maximum Gasteiger partial charge on any atom is 0.242 e. The lowest BCUT2D eigenvalue weighted by Crippen LogP contribution is -2.37. The van der Waals surface area contributed by atoms with Crippen molar-refractivity contribution in [3.63, 3.8) is 0 Å². The molecule has 8 N–H and O–H groups in total. The molecule has 1 saturated heterocycles. The van der Waals surface area contributed by atoms with Gasteiger partial charge < -0.3 is 16.0 Å². The predicted molar refractivity (Wildman–Crippen MR) is 135 cm³/mol. The van der Waals surface area contributed by atoms with Crippen LogP contribution >= 0.6 is 22.6 Å². The van der Waals surface area contributed by atoms with Gasteiger partial charge in [-0.1, -0.05) is 6.07 Å². The molecule has 0 bridgehead atoms. The molecule has 17 heteroatoms. The summed E-state index contributed by atoms with van der Waals surface area (Å²) in [6, 6.07) is 5.84. The number of aromatic amines is 2. The molecular formula is C18H19IN10O4S2. The molecule has 1 aliphatic rings. The van der Waals surface area contributed by atoms with Crippen molar-refractivity contribution in [2.24, 2.45) is 5.14 Å². The summed E-state index contributed by atoms with van der Waals surface area (Å²) in [6.45, 7) is 1.05. The Balaban J connectivity index is 1.85. The van der Waals surface area contributed by atoms with E-state index in [0.29, 0.717) is 36.1 Å². The average molecular weight is 630 g/mol. The Morgan fingerprint density at radius 3 is 2.60 bits per heavy atom. The molecule has 14 nitrogen and oxygen atoms in total. The van der Waals surface area contributed by atoms with Crippen LogP contribution in [0, 0.1) is 3.57 Å². The van der Waals surface area contributed by atoms with E-state index in [-0.39, 0.29) is 22.9 Å². The number of hydrogen-bond donors (Lipinski definition) is 6. The second-order valence-electron chi connectivity index (χ2n) is 7.88. The lowest BCUT2D eigenvalue weighted by molar-refractivity contribution is 0.555. The number of anilines is 1. The number of fused-ring (bicyclic) bond motifs is 1. The number of aromatic nitrogens is 6. The van der Waals surface area contributed by atoms with Gasteiger partial charge in [0.2, 0.25) is 25.9 Å². The third kappa shape index (κ3) is 4.49. The van der Waals surface area contributed by atoms with Crippen molar-refractivity contribution in [1.82, 2.24) is 40.6 Å². The van der Waals surface area contributed by atoms with Gasteiger partial charge in [0.1, 0.15) is 9.79 Å². The first kappa shape index (κ1) is 24.0. The van der Waals surface area contributed by atoms with Crippen molar-refractivity contribution in [3.05, 3.63) is 27.8 Å². The number of nitrogens with one attached hydrogen (secondary N) is 4. The molecule has 1 atom stereocenters. The van der Waals surface area contributed by atoms with Crippen LogP contribution in [0.3, 0.4) is 0 Å². The zero-order valence-electron chi connectivity index (χ0n) is 17.8. The van der Waals surface area contributed by atoms with E-state index in [0.717, 1.165) is 3.57 Å². The lowest BCUT2D eigenvalue weighted by Gasteiger charge is -2.18. The Morgan fingerprint density at radius 2 is 1.94 bits per heavy atom. The van der Waals surface area contributed by atoms with E-state index in [4.69, 9.17) is 10.9 Å². The number of nitrogen functional groups attached to an aromatic ring is 1. The Hall–Kier alpha value is -2.71. The van der Waals surface area contributed by atoms with Gasteiger partial charge >= 0.3 is 0 Å². The highest BCUT2D eigenvalue weighted by Gasteiger charge is 2.34. The summed E-state index contributed by atoms with van der Waals surface area (Å²) in [5.41, 5.74) is 7.54. The van der Waals surface area contributed by atoms with Gasteiger partial charge in [0.05, 0.1) is 16.6 Å². The lowest BCUT2D eigenvalue weighted by atomic mass is 9.98. The number of tetrazole rings is 1. The maximum absolute atomic E-state index is 13.3. The first-order valence-electron chi connectivity index (χ1n) is 10.2. The first-order chi connectivity index (χ1) is 16.5. The van der Waals surface area contributed by atoms with E-state index in [2.05, 4.69) is 63.2 Å². The van der Waals surface area contributed by atoms with Crippen molar-refractivity contribution < 1.29 is 16.8 Å². The standard InChI is InChI=1S/C18H19IN10O4S2/c19-8-5-11(15-12(6-8)23-18(20)24-15)10-1-2-13(35(32,33)27-9-3-4-22-7-9)16(34(21,30)31)14(10)17-25-28-29-26-17/h1-2,5-6,9,22,27H,3-4,7H2,(H3,20,23,24)(H2,21,30,31)(H,25,26,28,29)/t9-/m1/s1. The first-order valence-corrected chi connectivity index (χ1v) is 14.3. The molecule has 2 aromatic carbocycles. The number of rotatable bonds is 6. The zero-order chi connectivity index (χ0) is 25.0. The molecule has 3 heterocycles. The van der Waals surface area contributed by atoms with Crippen molar-refractivity contribution in [2.75, 3.05) is 18.8 Å². The third-order valence-electron chi connectivity index (χ3n) is 5.51. The molecule has 1 fully saturated rings. The Morgan fingerprint density at radius 1 is 1.14 bits per heavy atom. The maximum atomic E-state index is 13.3. The Kier molecular flexibility index (Phi) is 6.00. The van der Waals surface area contributed by atoms with Gasteiger partial charge in [-0.05, 0) is 64.5 Å². The summed E-state index contributed by atoms with van der Waals surface area (Å²) >= 11 is 2.09. The highest BCUT2D eigenvalue weighted by molar-refractivity contribution is 14.1. The monoisotopic (exact) mass is 630 g/mol. The third-order valence-corrected chi connectivity index (χ3v) is 8.81. The van der Waals surface area contributed by atoms with E-state index >= 15 is 0 Å². The summed E-state index contributed by atoms with van der Waals surface area (Å²) in [7, 11) is -8.90. The summed E-state index contributed by atoms with van der Waals surface area (Å²) in [5, 5.41) is 22.3. The van der Waals surface area contributed by atoms with E-state index in [9.17, 15) is 16.8 Å². The van der Waals surface area contributed by atoms with Gasteiger partial charge in [-0.25, -0.2) is 31.7 Å². The topological polar surface area (TPSA) is 228 Å². The second kappa shape index (κ2) is 8.75. The number of imidazole rings is 1. The van der Waals surface area contributed by atoms with Gasteiger partial charge in [0.25, 0.3) is 0 Å². The fourth-order valence-corrected chi connectivity index (χ4v) is 7.61. The molecular weight excluding hydrogens is 611 g/mol. The molecule has 0 spiro atoms. The van der Waals surface area contributed by atoms with Crippen molar-refractivity contribution >= 4 is 59.6 Å². The fourth-order valence-electron chi connectivity index (χ4n) is 4.12. The van der Waals surface area contributed by atoms with E-state index in [1.807, 2.05) is 6.07 Å². The number of nitrogens with zero attached hydrogens (tertiary/aromatic N) is 4. The fraction of sp³-hybridized carbons (Fsp3) is 0.222. The molecule has 0 saturated carbocycles. The number of benzene rings is 2. The highest BCUT2D eigenvalue weighted by atomic mass is 127.